The Hall–Kier alpha value is -3.03. The summed E-state index contributed by atoms with van der Waals surface area (Å²) >= 11 is 5.65. The molecule has 1 saturated carbocycles. The number of carbonyl (C=O) groups is 2. The van der Waals surface area contributed by atoms with Crippen LogP contribution in [0.5, 0.6) is 0 Å². The van der Waals surface area contributed by atoms with E-state index in [2.05, 4.69) is 21.7 Å². The zero-order valence-electron chi connectivity index (χ0n) is 19.0. The molecule has 1 aromatic heterocycles. The fourth-order valence-corrected chi connectivity index (χ4v) is 4.21. The van der Waals surface area contributed by atoms with Gasteiger partial charge >= 0.3 is 0 Å². The Labute approximate surface area is 206 Å². The minimum atomic E-state index is -2.35. The minimum Gasteiger partial charge on any atom is -0.441 e. The highest BCUT2D eigenvalue weighted by atomic mass is 35.5. The molecule has 0 spiro atoms. The number of nitrogens with zero attached hydrogens (tertiary/aromatic N) is 3. The number of hydrogen-bond donors (Lipinski definition) is 2. The van der Waals surface area contributed by atoms with E-state index in [1.807, 2.05) is 18.2 Å². The molecule has 2 heterocycles. The van der Waals surface area contributed by atoms with Crippen molar-refractivity contribution in [3.63, 3.8) is 0 Å². The number of nitriles is 1. The second kappa shape index (κ2) is 10.7. The van der Waals surface area contributed by atoms with Crippen molar-refractivity contribution in [3.8, 4) is 6.07 Å². The van der Waals surface area contributed by atoms with E-state index < -0.39 is 23.9 Å². The molecule has 11 heteroatoms. The van der Waals surface area contributed by atoms with Crippen LogP contribution in [0.3, 0.4) is 0 Å². The van der Waals surface area contributed by atoms with Crippen LogP contribution < -0.4 is 10.6 Å². The number of rotatable bonds is 10. The zero-order valence-corrected chi connectivity index (χ0v) is 19.8. The molecule has 0 bridgehead atoms. The van der Waals surface area contributed by atoms with Crippen LogP contribution in [0.2, 0.25) is 0 Å². The van der Waals surface area contributed by atoms with Gasteiger partial charge in [0.2, 0.25) is 11.8 Å². The second-order valence-corrected chi connectivity index (χ2v) is 9.24. The summed E-state index contributed by atoms with van der Waals surface area (Å²) in [7, 11) is 0. The quantitative estimate of drug-likeness (QED) is 0.480. The zero-order chi connectivity index (χ0) is 25.0. The van der Waals surface area contributed by atoms with Crippen LogP contribution in [0, 0.1) is 11.3 Å². The predicted octanol–water partition coefficient (Wildman–Crippen LogP) is 3.01. The molecule has 1 aromatic carbocycles. The predicted molar refractivity (Wildman–Crippen MR) is 126 cm³/mol. The Morgan fingerprint density at radius 2 is 2.14 bits per heavy atom. The van der Waals surface area contributed by atoms with Crippen molar-refractivity contribution in [1.29, 1.82) is 5.26 Å². The Morgan fingerprint density at radius 3 is 2.77 bits per heavy atom. The monoisotopic (exact) mass is 505 g/mol. The smallest absolute Gasteiger partial charge is 0.251 e. The number of benzene rings is 1. The van der Waals surface area contributed by atoms with Crippen LogP contribution in [0.1, 0.15) is 37.1 Å². The van der Waals surface area contributed by atoms with Crippen molar-refractivity contribution in [3.05, 3.63) is 35.7 Å². The first-order valence-corrected chi connectivity index (χ1v) is 12.0. The van der Waals surface area contributed by atoms with Gasteiger partial charge in [0.25, 0.3) is 6.43 Å². The molecule has 2 N–H and O–H groups in total. The van der Waals surface area contributed by atoms with Crippen molar-refractivity contribution in [2.24, 2.45) is 0 Å². The van der Waals surface area contributed by atoms with Crippen molar-refractivity contribution < 1.29 is 22.8 Å². The Balaban J connectivity index is 1.48. The molecule has 1 aliphatic heterocycles. The lowest BCUT2D eigenvalue weighted by atomic mass is 9.99. The van der Waals surface area contributed by atoms with Gasteiger partial charge in [-0.15, -0.1) is 11.6 Å². The van der Waals surface area contributed by atoms with Gasteiger partial charge < -0.3 is 15.1 Å². The largest absolute Gasteiger partial charge is 0.441 e. The first-order chi connectivity index (χ1) is 16.8. The first kappa shape index (κ1) is 25.1. The summed E-state index contributed by atoms with van der Waals surface area (Å²) < 4.78 is 31.1. The highest BCUT2D eigenvalue weighted by Crippen LogP contribution is 2.34. The van der Waals surface area contributed by atoms with E-state index in [1.165, 1.54) is 0 Å². The molecule has 186 valence electrons. The number of halogens is 3. The highest BCUT2D eigenvalue weighted by Gasteiger charge is 2.45. The van der Waals surface area contributed by atoms with Crippen molar-refractivity contribution in [2.75, 3.05) is 25.5 Å². The summed E-state index contributed by atoms with van der Waals surface area (Å²) in [5.74, 6) is -0.476. The van der Waals surface area contributed by atoms with Crippen LogP contribution in [0.4, 0.5) is 8.78 Å². The van der Waals surface area contributed by atoms with Gasteiger partial charge in [-0.25, -0.2) is 13.8 Å². The Kier molecular flexibility index (Phi) is 7.67. The maximum atomic E-state index is 12.8. The van der Waals surface area contributed by atoms with Gasteiger partial charge in [0.1, 0.15) is 17.1 Å². The van der Waals surface area contributed by atoms with Crippen LogP contribution in [0.25, 0.3) is 16.7 Å². The normalized spacial score (nSPS) is 18.1. The maximum Gasteiger partial charge on any atom is 0.251 e. The fourth-order valence-electron chi connectivity index (χ4n) is 4.04. The number of carbonyl (C=O) groups excluding carboxylic acids is 2. The number of amides is 2. The van der Waals surface area contributed by atoms with E-state index in [0.29, 0.717) is 43.5 Å². The SMILES string of the molecule is N#CC1(NC(=O)[C@H](Cc2nc3ccc(C4=CCN(CC(F)F)CC4)cc3o2)NC(=O)CCCl)CC1. The standard InChI is InChI=1S/C24H26ClF2N5O3/c25-8-3-21(33)29-18(23(34)31-24(14-28)6-7-24)12-22-30-17-2-1-16(11-19(17)35-22)15-4-9-32(10-5-15)13-20(26)27/h1-2,4,11,18,20H,3,5-10,12-13H2,(H,29,33)(H,31,34)/t18-/m0/s1. The molecule has 1 aliphatic carbocycles. The average Bonchev–Trinajstić information content (AvgIpc) is 3.48. The molecule has 35 heavy (non-hydrogen) atoms. The summed E-state index contributed by atoms with van der Waals surface area (Å²) in [6, 6.07) is 6.69. The number of fused-ring (bicyclic) bond motifs is 1. The molecule has 8 nitrogen and oxygen atoms in total. The molecule has 1 atom stereocenters. The van der Waals surface area contributed by atoms with E-state index in [4.69, 9.17) is 16.0 Å². The van der Waals surface area contributed by atoms with Gasteiger partial charge in [-0.05, 0) is 42.5 Å². The molecule has 2 amide bonds. The molecule has 2 aliphatic rings. The lowest BCUT2D eigenvalue weighted by Crippen LogP contribution is -2.51. The van der Waals surface area contributed by atoms with Gasteiger partial charge in [0.05, 0.1) is 19.0 Å². The lowest BCUT2D eigenvalue weighted by molar-refractivity contribution is -0.129. The number of aromatic nitrogens is 1. The number of alkyl halides is 3. The first-order valence-electron chi connectivity index (χ1n) is 11.5. The van der Waals surface area contributed by atoms with Crippen molar-refractivity contribution >= 4 is 40.1 Å². The molecule has 1 fully saturated rings. The molecule has 0 saturated heterocycles. The van der Waals surface area contributed by atoms with Gasteiger partial charge in [-0.3, -0.25) is 14.5 Å². The molecule has 4 rings (SSSR count). The van der Waals surface area contributed by atoms with Gasteiger partial charge in [0, 0.05) is 25.4 Å². The molecular weight excluding hydrogens is 480 g/mol. The third kappa shape index (κ3) is 6.35. The van der Waals surface area contributed by atoms with E-state index >= 15 is 0 Å². The van der Waals surface area contributed by atoms with Crippen molar-refractivity contribution in [2.45, 2.75) is 50.1 Å². The van der Waals surface area contributed by atoms with Crippen LogP contribution in [-0.2, 0) is 16.0 Å². The number of hydrogen-bond acceptors (Lipinski definition) is 6. The molecule has 2 aromatic rings. The summed E-state index contributed by atoms with van der Waals surface area (Å²) in [5.41, 5.74) is 2.22. The summed E-state index contributed by atoms with van der Waals surface area (Å²) in [5, 5.41) is 14.6. The van der Waals surface area contributed by atoms with Gasteiger partial charge in [-0.2, -0.15) is 5.26 Å². The topological polar surface area (TPSA) is 111 Å². The molecular formula is C24H26ClF2N5O3. The maximum absolute atomic E-state index is 12.8. The van der Waals surface area contributed by atoms with Crippen molar-refractivity contribution in [1.82, 2.24) is 20.5 Å². The Morgan fingerprint density at radius 1 is 1.34 bits per heavy atom. The van der Waals surface area contributed by atoms with Crippen LogP contribution in [-0.4, -0.2) is 65.2 Å². The third-order valence-electron chi connectivity index (χ3n) is 6.17. The third-order valence-corrected chi connectivity index (χ3v) is 6.36. The van der Waals surface area contributed by atoms with E-state index in [9.17, 15) is 23.6 Å². The Bertz CT molecular complexity index is 1170. The fraction of sp³-hybridized carbons (Fsp3) is 0.500. The van der Waals surface area contributed by atoms with Gasteiger partial charge in [-0.1, -0.05) is 12.1 Å². The summed E-state index contributed by atoms with van der Waals surface area (Å²) in [6.07, 6.45) is 1.44. The highest BCUT2D eigenvalue weighted by molar-refractivity contribution is 6.19. The van der Waals surface area contributed by atoms with E-state index in [-0.39, 0.29) is 37.1 Å². The van der Waals surface area contributed by atoms with Gasteiger partial charge in [0.15, 0.2) is 11.5 Å². The minimum absolute atomic E-state index is 0.0106. The van der Waals surface area contributed by atoms with Crippen LogP contribution >= 0.6 is 11.6 Å². The summed E-state index contributed by atoms with van der Waals surface area (Å²) in [4.78, 5) is 31.1. The second-order valence-electron chi connectivity index (χ2n) is 8.87. The molecule has 0 unspecified atom stereocenters. The number of nitrogens with one attached hydrogen (secondary N) is 2. The average molecular weight is 506 g/mol. The lowest BCUT2D eigenvalue weighted by Gasteiger charge is -2.25. The van der Waals surface area contributed by atoms with E-state index in [0.717, 1.165) is 11.1 Å². The van der Waals surface area contributed by atoms with Crippen LogP contribution in [0.15, 0.2) is 28.7 Å². The number of oxazole rings is 1. The van der Waals surface area contributed by atoms with E-state index in [1.54, 1.807) is 11.0 Å². The molecule has 0 radical (unpaired) electrons. The summed E-state index contributed by atoms with van der Waals surface area (Å²) in [6.45, 7) is 0.779.